The third-order valence-corrected chi connectivity index (χ3v) is 5.00. The minimum Gasteiger partial charge on any atom is -0.497 e. The molecule has 3 aromatic rings. The Bertz CT molecular complexity index is 946. The first-order valence-corrected chi connectivity index (χ1v) is 9.16. The highest BCUT2D eigenvalue weighted by Gasteiger charge is 2.28. The van der Waals surface area contributed by atoms with Crippen molar-refractivity contribution in [1.82, 2.24) is 15.1 Å². The van der Waals surface area contributed by atoms with Crippen molar-refractivity contribution in [2.75, 3.05) is 20.2 Å². The van der Waals surface area contributed by atoms with Crippen LogP contribution in [0, 0.1) is 5.82 Å². The molecule has 28 heavy (non-hydrogen) atoms. The maximum Gasteiger partial charge on any atom is 0.253 e. The van der Waals surface area contributed by atoms with Gasteiger partial charge in [-0.05, 0) is 61.4 Å². The maximum atomic E-state index is 13.1. The van der Waals surface area contributed by atoms with E-state index in [4.69, 9.17) is 9.15 Å². The molecule has 1 fully saturated rings. The van der Waals surface area contributed by atoms with E-state index in [1.54, 1.807) is 43.5 Å². The molecule has 6 nitrogen and oxygen atoms in total. The van der Waals surface area contributed by atoms with Crippen molar-refractivity contribution in [2.45, 2.75) is 18.8 Å². The molecule has 0 saturated carbocycles. The van der Waals surface area contributed by atoms with Crippen molar-refractivity contribution in [3.63, 3.8) is 0 Å². The van der Waals surface area contributed by atoms with Crippen molar-refractivity contribution in [3.05, 3.63) is 65.8 Å². The van der Waals surface area contributed by atoms with Gasteiger partial charge in [-0.2, -0.15) is 0 Å². The monoisotopic (exact) mass is 381 g/mol. The van der Waals surface area contributed by atoms with E-state index in [2.05, 4.69) is 10.2 Å². The van der Waals surface area contributed by atoms with Gasteiger partial charge in [0.2, 0.25) is 11.8 Å². The smallest absolute Gasteiger partial charge is 0.253 e. The molecule has 144 valence electrons. The second-order valence-electron chi connectivity index (χ2n) is 6.75. The first kappa shape index (κ1) is 18.2. The number of rotatable bonds is 4. The summed E-state index contributed by atoms with van der Waals surface area (Å²) in [5, 5.41) is 8.24. The summed E-state index contributed by atoms with van der Waals surface area (Å²) in [4.78, 5) is 14.5. The summed E-state index contributed by atoms with van der Waals surface area (Å²) >= 11 is 0. The van der Waals surface area contributed by atoms with E-state index < -0.39 is 0 Å². The first-order chi connectivity index (χ1) is 13.6. The van der Waals surface area contributed by atoms with Crippen LogP contribution in [0.2, 0.25) is 0 Å². The van der Waals surface area contributed by atoms with Gasteiger partial charge in [0.25, 0.3) is 5.91 Å². The van der Waals surface area contributed by atoms with Crippen LogP contribution in [-0.4, -0.2) is 41.2 Å². The zero-order valence-electron chi connectivity index (χ0n) is 15.5. The second-order valence-corrected chi connectivity index (χ2v) is 6.75. The number of methoxy groups -OCH3 is 1. The Hall–Kier alpha value is -3.22. The molecule has 0 bridgehead atoms. The maximum absolute atomic E-state index is 13.1. The van der Waals surface area contributed by atoms with Crippen LogP contribution < -0.4 is 4.74 Å². The lowest BCUT2D eigenvalue weighted by Crippen LogP contribution is -2.38. The molecule has 1 amide bonds. The molecular weight excluding hydrogens is 361 g/mol. The lowest BCUT2D eigenvalue weighted by Gasteiger charge is -2.30. The number of amides is 1. The van der Waals surface area contributed by atoms with Crippen molar-refractivity contribution >= 4 is 5.91 Å². The van der Waals surface area contributed by atoms with Gasteiger partial charge in [0.15, 0.2) is 0 Å². The number of halogens is 1. The molecule has 0 atom stereocenters. The van der Waals surface area contributed by atoms with Gasteiger partial charge in [-0.25, -0.2) is 4.39 Å². The summed E-state index contributed by atoms with van der Waals surface area (Å²) in [7, 11) is 1.60. The minimum atomic E-state index is -0.308. The van der Waals surface area contributed by atoms with Crippen molar-refractivity contribution < 1.29 is 18.3 Å². The Morgan fingerprint density at radius 2 is 1.75 bits per heavy atom. The van der Waals surface area contributed by atoms with E-state index in [0.717, 1.165) is 18.6 Å². The summed E-state index contributed by atoms with van der Waals surface area (Å²) in [5.74, 6) is 1.49. The van der Waals surface area contributed by atoms with Gasteiger partial charge in [-0.15, -0.1) is 10.2 Å². The summed E-state index contributed by atoms with van der Waals surface area (Å²) < 4.78 is 24.0. The average Bonchev–Trinajstić information content (AvgIpc) is 3.24. The Morgan fingerprint density at radius 1 is 1.07 bits per heavy atom. The van der Waals surface area contributed by atoms with Gasteiger partial charge < -0.3 is 14.1 Å². The van der Waals surface area contributed by atoms with Crippen LogP contribution in [0.5, 0.6) is 5.75 Å². The van der Waals surface area contributed by atoms with E-state index in [1.807, 2.05) is 4.90 Å². The fraction of sp³-hybridized carbons (Fsp3) is 0.286. The second kappa shape index (κ2) is 7.80. The number of carbonyl (C=O) groups excluding carboxylic acids is 1. The fourth-order valence-electron chi connectivity index (χ4n) is 3.35. The number of aromatic nitrogens is 2. The predicted molar refractivity (Wildman–Crippen MR) is 101 cm³/mol. The van der Waals surface area contributed by atoms with Crippen LogP contribution >= 0.6 is 0 Å². The lowest BCUT2D eigenvalue weighted by molar-refractivity contribution is 0.0706. The molecule has 0 radical (unpaired) electrons. The van der Waals surface area contributed by atoms with Crippen LogP contribution in [-0.2, 0) is 0 Å². The van der Waals surface area contributed by atoms with Crippen LogP contribution in [0.3, 0.4) is 0 Å². The number of likely N-dealkylation sites (tertiary alicyclic amines) is 1. The van der Waals surface area contributed by atoms with E-state index >= 15 is 0 Å². The van der Waals surface area contributed by atoms with Crippen LogP contribution in [0.1, 0.15) is 35.0 Å². The topological polar surface area (TPSA) is 68.5 Å². The molecule has 0 unspecified atom stereocenters. The van der Waals surface area contributed by atoms with Crippen molar-refractivity contribution in [1.29, 1.82) is 0 Å². The van der Waals surface area contributed by atoms with E-state index in [9.17, 15) is 9.18 Å². The van der Waals surface area contributed by atoms with Crippen LogP contribution in [0.25, 0.3) is 11.5 Å². The zero-order chi connectivity index (χ0) is 19.5. The Kier molecular flexibility index (Phi) is 5.06. The van der Waals surface area contributed by atoms with Gasteiger partial charge in [0, 0.05) is 30.1 Å². The normalized spacial score (nSPS) is 14.9. The molecule has 0 spiro atoms. The third-order valence-electron chi connectivity index (χ3n) is 5.00. The lowest BCUT2D eigenvalue weighted by atomic mass is 9.96. The van der Waals surface area contributed by atoms with Gasteiger partial charge in [-0.1, -0.05) is 0 Å². The molecule has 1 aromatic heterocycles. The minimum absolute atomic E-state index is 0.0126. The summed E-state index contributed by atoms with van der Waals surface area (Å²) in [6, 6.07) is 13.1. The van der Waals surface area contributed by atoms with Gasteiger partial charge in [0.1, 0.15) is 11.6 Å². The van der Waals surface area contributed by atoms with Gasteiger partial charge >= 0.3 is 0 Å². The Morgan fingerprint density at radius 3 is 2.39 bits per heavy atom. The Labute approximate surface area is 161 Å². The number of carbonyl (C=O) groups is 1. The number of hydrogen-bond donors (Lipinski definition) is 0. The van der Waals surface area contributed by atoms with E-state index in [-0.39, 0.29) is 17.6 Å². The number of ether oxygens (including phenoxy) is 1. The molecule has 0 aliphatic carbocycles. The molecule has 2 heterocycles. The van der Waals surface area contributed by atoms with E-state index in [1.165, 1.54) is 12.1 Å². The molecular formula is C21H20FN3O3. The Balaban J connectivity index is 1.38. The molecule has 1 aliphatic rings. The molecule has 4 rings (SSSR count). The molecule has 7 heteroatoms. The molecule has 1 aliphatic heterocycles. The molecule has 1 saturated heterocycles. The van der Waals surface area contributed by atoms with Crippen LogP contribution in [0.4, 0.5) is 4.39 Å². The van der Waals surface area contributed by atoms with Gasteiger partial charge in [0.05, 0.1) is 7.11 Å². The molecule has 0 N–H and O–H groups in total. The van der Waals surface area contributed by atoms with E-state index in [0.29, 0.717) is 36.0 Å². The zero-order valence-corrected chi connectivity index (χ0v) is 15.5. The average molecular weight is 381 g/mol. The highest BCUT2D eigenvalue weighted by molar-refractivity contribution is 5.94. The largest absolute Gasteiger partial charge is 0.497 e. The number of piperidine rings is 1. The summed E-state index contributed by atoms with van der Waals surface area (Å²) in [5.41, 5.74) is 1.34. The highest BCUT2D eigenvalue weighted by atomic mass is 19.1. The standard InChI is InChI=1S/C21H20FN3O3/c1-27-18-8-4-16(5-9-18)21(26)25-12-10-15(11-13-25)20-24-23-19(28-20)14-2-6-17(22)7-3-14/h2-9,15H,10-13H2,1H3. The van der Waals surface area contributed by atoms with Crippen LogP contribution in [0.15, 0.2) is 52.9 Å². The first-order valence-electron chi connectivity index (χ1n) is 9.16. The van der Waals surface area contributed by atoms with Crippen molar-refractivity contribution in [3.8, 4) is 17.2 Å². The number of nitrogens with zero attached hydrogens (tertiary/aromatic N) is 3. The highest BCUT2D eigenvalue weighted by Crippen LogP contribution is 2.30. The summed E-state index contributed by atoms with van der Waals surface area (Å²) in [6.07, 6.45) is 1.51. The SMILES string of the molecule is COc1ccc(C(=O)N2CCC(c3nnc(-c4ccc(F)cc4)o3)CC2)cc1. The molecule has 2 aromatic carbocycles. The number of hydrogen-bond acceptors (Lipinski definition) is 5. The van der Waals surface area contributed by atoms with Crippen molar-refractivity contribution in [2.24, 2.45) is 0 Å². The fourth-order valence-corrected chi connectivity index (χ4v) is 3.35. The summed E-state index contributed by atoms with van der Waals surface area (Å²) in [6.45, 7) is 1.26. The quantitative estimate of drug-likeness (QED) is 0.686. The number of benzene rings is 2. The third kappa shape index (κ3) is 3.74. The van der Waals surface area contributed by atoms with Gasteiger partial charge in [-0.3, -0.25) is 4.79 Å². The predicted octanol–water partition coefficient (Wildman–Crippen LogP) is 3.90.